The summed E-state index contributed by atoms with van der Waals surface area (Å²) in [5, 5.41) is 3.15. The fourth-order valence-corrected chi connectivity index (χ4v) is 2.84. The molecule has 1 aliphatic rings. The van der Waals surface area contributed by atoms with Crippen molar-refractivity contribution in [2.75, 3.05) is 19.4 Å². The molecule has 16 heavy (non-hydrogen) atoms. The predicted octanol–water partition coefficient (Wildman–Crippen LogP) is 2.68. The van der Waals surface area contributed by atoms with E-state index in [1.807, 2.05) is 18.8 Å². The monoisotopic (exact) mass is 237 g/mol. The van der Waals surface area contributed by atoms with E-state index in [4.69, 9.17) is 4.74 Å². The Labute approximate surface area is 102 Å². The first kappa shape index (κ1) is 12.0. The Morgan fingerprint density at radius 1 is 1.38 bits per heavy atom. The van der Waals surface area contributed by atoms with Crippen LogP contribution in [0, 0.1) is 0 Å². The lowest BCUT2D eigenvalue weighted by Gasteiger charge is -2.08. The normalized spacial score (nSPS) is 20.2. The van der Waals surface area contributed by atoms with Gasteiger partial charge in [0.2, 0.25) is 0 Å². The second-order valence-corrected chi connectivity index (χ2v) is 5.21. The Bertz CT molecular complexity index is 306. The van der Waals surface area contributed by atoms with Crippen LogP contribution in [0.3, 0.4) is 0 Å². The number of ether oxygens (including phenoxy) is 1. The summed E-state index contributed by atoms with van der Waals surface area (Å²) in [7, 11) is 1.97. The Morgan fingerprint density at radius 2 is 2.19 bits per heavy atom. The summed E-state index contributed by atoms with van der Waals surface area (Å²) >= 11 is 1.90. The molecule has 1 unspecified atom stereocenters. The van der Waals surface area contributed by atoms with E-state index in [2.05, 4.69) is 29.6 Å². The van der Waals surface area contributed by atoms with Crippen molar-refractivity contribution in [3.05, 3.63) is 29.8 Å². The number of hydrogen-bond acceptors (Lipinski definition) is 3. The van der Waals surface area contributed by atoms with Gasteiger partial charge < -0.3 is 10.1 Å². The van der Waals surface area contributed by atoms with Crippen LogP contribution in [0.4, 0.5) is 0 Å². The number of benzene rings is 1. The molecule has 0 saturated carbocycles. The molecule has 2 nitrogen and oxygen atoms in total. The SMILES string of the molecule is CNCc1ccc(SCC2CCCO2)cc1. The third-order valence-electron chi connectivity index (χ3n) is 2.76. The van der Waals surface area contributed by atoms with Crippen LogP contribution in [0.5, 0.6) is 0 Å². The maximum atomic E-state index is 5.61. The molecular weight excluding hydrogens is 218 g/mol. The smallest absolute Gasteiger partial charge is 0.0669 e. The molecule has 1 heterocycles. The molecule has 1 atom stereocenters. The summed E-state index contributed by atoms with van der Waals surface area (Å²) in [6.45, 7) is 1.89. The summed E-state index contributed by atoms with van der Waals surface area (Å²) < 4.78 is 5.61. The summed E-state index contributed by atoms with van der Waals surface area (Å²) in [4.78, 5) is 1.34. The molecule has 88 valence electrons. The third-order valence-corrected chi connectivity index (χ3v) is 3.91. The first-order valence-electron chi connectivity index (χ1n) is 5.86. The first-order chi connectivity index (χ1) is 7.88. The highest BCUT2D eigenvalue weighted by atomic mass is 32.2. The molecule has 0 aromatic heterocycles. The zero-order valence-corrected chi connectivity index (χ0v) is 10.6. The largest absolute Gasteiger partial charge is 0.377 e. The average molecular weight is 237 g/mol. The van der Waals surface area contributed by atoms with Crippen molar-refractivity contribution in [1.29, 1.82) is 0 Å². The molecule has 1 aromatic carbocycles. The van der Waals surface area contributed by atoms with E-state index in [9.17, 15) is 0 Å². The minimum atomic E-state index is 0.474. The second kappa shape index (κ2) is 6.28. The molecule has 1 aromatic rings. The Morgan fingerprint density at radius 3 is 2.81 bits per heavy atom. The van der Waals surface area contributed by atoms with Crippen LogP contribution < -0.4 is 5.32 Å². The van der Waals surface area contributed by atoms with Crippen LogP contribution in [0.2, 0.25) is 0 Å². The van der Waals surface area contributed by atoms with Crippen LogP contribution in [0.15, 0.2) is 29.2 Å². The maximum Gasteiger partial charge on any atom is 0.0669 e. The van der Waals surface area contributed by atoms with Crippen molar-refractivity contribution in [2.45, 2.75) is 30.4 Å². The number of rotatable bonds is 5. The zero-order chi connectivity index (χ0) is 11.2. The summed E-state index contributed by atoms with van der Waals surface area (Å²) in [6.07, 6.45) is 2.93. The van der Waals surface area contributed by atoms with Gasteiger partial charge in [-0.15, -0.1) is 11.8 Å². The first-order valence-corrected chi connectivity index (χ1v) is 6.85. The zero-order valence-electron chi connectivity index (χ0n) is 9.74. The van der Waals surface area contributed by atoms with Gasteiger partial charge in [-0.05, 0) is 37.6 Å². The Balaban J connectivity index is 1.80. The highest BCUT2D eigenvalue weighted by Gasteiger charge is 2.15. The molecule has 0 bridgehead atoms. The van der Waals surface area contributed by atoms with Gasteiger partial charge in [0.05, 0.1) is 6.10 Å². The van der Waals surface area contributed by atoms with Crippen molar-refractivity contribution >= 4 is 11.8 Å². The molecule has 0 amide bonds. The van der Waals surface area contributed by atoms with Crippen molar-refractivity contribution in [3.8, 4) is 0 Å². The van der Waals surface area contributed by atoms with Crippen molar-refractivity contribution < 1.29 is 4.74 Å². The lowest BCUT2D eigenvalue weighted by molar-refractivity contribution is 0.129. The molecule has 0 aliphatic carbocycles. The van der Waals surface area contributed by atoms with E-state index >= 15 is 0 Å². The average Bonchev–Trinajstić information content (AvgIpc) is 2.82. The van der Waals surface area contributed by atoms with E-state index < -0.39 is 0 Å². The second-order valence-electron chi connectivity index (χ2n) is 4.12. The van der Waals surface area contributed by atoms with E-state index in [-0.39, 0.29) is 0 Å². The van der Waals surface area contributed by atoms with Gasteiger partial charge in [0.15, 0.2) is 0 Å². The fourth-order valence-electron chi connectivity index (χ4n) is 1.87. The molecule has 0 radical (unpaired) electrons. The van der Waals surface area contributed by atoms with Gasteiger partial charge in [-0.25, -0.2) is 0 Å². The van der Waals surface area contributed by atoms with Gasteiger partial charge in [-0.3, -0.25) is 0 Å². The molecule has 2 rings (SSSR count). The molecular formula is C13H19NOS. The van der Waals surface area contributed by atoms with Crippen molar-refractivity contribution in [1.82, 2.24) is 5.32 Å². The molecule has 3 heteroatoms. The third kappa shape index (κ3) is 3.51. The minimum absolute atomic E-state index is 0.474. The highest BCUT2D eigenvalue weighted by Crippen LogP contribution is 2.23. The van der Waals surface area contributed by atoms with Gasteiger partial charge >= 0.3 is 0 Å². The van der Waals surface area contributed by atoms with Gasteiger partial charge in [0, 0.05) is 23.8 Å². The minimum Gasteiger partial charge on any atom is -0.377 e. The highest BCUT2D eigenvalue weighted by molar-refractivity contribution is 7.99. The maximum absolute atomic E-state index is 5.61. The number of nitrogens with one attached hydrogen (secondary N) is 1. The topological polar surface area (TPSA) is 21.3 Å². The molecule has 1 N–H and O–H groups in total. The standard InChI is InChI=1S/C13H19NOS/c1-14-9-11-4-6-13(7-5-11)16-10-12-3-2-8-15-12/h4-7,12,14H,2-3,8-10H2,1H3. The van der Waals surface area contributed by atoms with Crippen molar-refractivity contribution in [3.63, 3.8) is 0 Å². The fraction of sp³-hybridized carbons (Fsp3) is 0.538. The van der Waals surface area contributed by atoms with Crippen LogP contribution in [0.25, 0.3) is 0 Å². The lowest BCUT2D eigenvalue weighted by atomic mass is 10.2. The van der Waals surface area contributed by atoms with Crippen LogP contribution >= 0.6 is 11.8 Å². The summed E-state index contributed by atoms with van der Waals surface area (Å²) in [5.41, 5.74) is 1.34. The van der Waals surface area contributed by atoms with Gasteiger partial charge in [0.25, 0.3) is 0 Å². The molecule has 1 aliphatic heterocycles. The van der Waals surface area contributed by atoms with E-state index in [1.54, 1.807) is 0 Å². The quantitative estimate of drug-likeness (QED) is 0.796. The predicted molar refractivity (Wildman–Crippen MR) is 68.9 cm³/mol. The molecule has 1 fully saturated rings. The van der Waals surface area contributed by atoms with Gasteiger partial charge in [-0.1, -0.05) is 12.1 Å². The van der Waals surface area contributed by atoms with Crippen LogP contribution in [-0.4, -0.2) is 25.5 Å². The number of thioether (sulfide) groups is 1. The number of hydrogen-bond donors (Lipinski definition) is 1. The van der Waals surface area contributed by atoms with Crippen LogP contribution in [-0.2, 0) is 11.3 Å². The summed E-state index contributed by atoms with van der Waals surface area (Å²) in [6, 6.07) is 8.78. The Hall–Kier alpha value is -0.510. The Kier molecular flexibility index (Phi) is 4.69. The summed E-state index contributed by atoms with van der Waals surface area (Å²) in [5.74, 6) is 1.09. The van der Waals surface area contributed by atoms with E-state index in [0.717, 1.165) is 18.9 Å². The van der Waals surface area contributed by atoms with E-state index in [0.29, 0.717) is 6.10 Å². The van der Waals surface area contributed by atoms with Crippen LogP contribution in [0.1, 0.15) is 18.4 Å². The van der Waals surface area contributed by atoms with E-state index in [1.165, 1.54) is 23.3 Å². The van der Waals surface area contributed by atoms with Crippen molar-refractivity contribution in [2.24, 2.45) is 0 Å². The van der Waals surface area contributed by atoms with Gasteiger partial charge in [-0.2, -0.15) is 0 Å². The molecule has 0 spiro atoms. The molecule has 1 saturated heterocycles. The lowest BCUT2D eigenvalue weighted by Crippen LogP contribution is -2.07. The van der Waals surface area contributed by atoms with Gasteiger partial charge in [0.1, 0.15) is 0 Å².